The average Bonchev–Trinajstić information content (AvgIpc) is 3.01. The van der Waals surface area contributed by atoms with Gasteiger partial charge >= 0.3 is 0 Å². The van der Waals surface area contributed by atoms with Crippen LogP contribution in [-0.4, -0.2) is 82.0 Å². The molecule has 3 aliphatic rings. The molecular formula is C22H32N2O5. The average molecular weight is 405 g/mol. The van der Waals surface area contributed by atoms with Gasteiger partial charge in [0.05, 0.1) is 26.4 Å². The number of hydrogen-bond donors (Lipinski definition) is 0. The maximum Gasteiger partial charge on any atom is 0.260 e. The van der Waals surface area contributed by atoms with E-state index in [9.17, 15) is 4.79 Å². The number of amides is 1. The topological polar surface area (TPSA) is 60.5 Å². The van der Waals surface area contributed by atoms with Crippen molar-refractivity contribution in [1.82, 2.24) is 9.80 Å². The van der Waals surface area contributed by atoms with Crippen LogP contribution >= 0.6 is 0 Å². The Morgan fingerprint density at radius 1 is 1.10 bits per heavy atom. The van der Waals surface area contributed by atoms with Gasteiger partial charge < -0.3 is 23.8 Å². The maximum absolute atomic E-state index is 12.3. The van der Waals surface area contributed by atoms with E-state index in [0.29, 0.717) is 55.7 Å². The lowest BCUT2D eigenvalue weighted by molar-refractivity contribution is -0.137. The quantitative estimate of drug-likeness (QED) is 0.691. The van der Waals surface area contributed by atoms with Gasteiger partial charge in [0.1, 0.15) is 0 Å². The molecule has 1 aliphatic carbocycles. The van der Waals surface area contributed by atoms with Gasteiger partial charge in [-0.1, -0.05) is 6.07 Å². The van der Waals surface area contributed by atoms with Crippen molar-refractivity contribution in [2.45, 2.75) is 25.5 Å². The molecule has 0 aromatic heterocycles. The van der Waals surface area contributed by atoms with E-state index < -0.39 is 0 Å². The van der Waals surface area contributed by atoms with E-state index in [2.05, 4.69) is 11.0 Å². The van der Waals surface area contributed by atoms with E-state index in [4.69, 9.17) is 18.9 Å². The van der Waals surface area contributed by atoms with Crippen LogP contribution in [0.5, 0.6) is 11.5 Å². The molecule has 0 N–H and O–H groups in total. The van der Waals surface area contributed by atoms with Gasteiger partial charge in [-0.05, 0) is 42.4 Å². The zero-order valence-corrected chi connectivity index (χ0v) is 17.5. The largest absolute Gasteiger partial charge is 0.493 e. The molecule has 4 rings (SSSR count). The molecule has 1 unspecified atom stereocenters. The van der Waals surface area contributed by atoms with Gasteiger partial charge in [0.15, 0.2) is 18.1 Å². The summed E-state index contributed by atoms with van der Waals surface area (Å²) in [5, 5.41) is 0. The van der Waals surface area contributed by atoms with Crippen molar-refractivity contribution >= 4 is 5.91 Å². The number of morpholine rings is 1. The number of ether oxygens (including phenoxy) is 4. The van der Waals surface area contributed by atoms with Gasteiger partial charge in [0.25, 0.3) is 5.91 Å². The highest BCUT2D eigenvalue weighted by atomic mass is 16.5. The molecule has 2 bridgehead atoms. The number of carbonyl (C=O) groups excluding carboxylic acids is 1. The van der Waals surface area contributed by atoms with Crippen LogP contribution in [0.25, 0.3) is 0 Å². The van der Waals surface area contributed by atoms with Crippen LogP contribution in [0.4, 0.5) is 0 Å². The first-order valence-corrected chi connectivity index (χ1v) is 10.6. The molecular weight excluding hydrogens is 372 g/mol. The van der Waals surface area contributed by atoms with E-state index in [1.807, 2.05) is 19.2 Å². The Bertz CT molecular complexity index is 692. The number of piperidine rings is 1. The molecule has 1 amide bonds. The number of carbonyl (C=O) groups is 1. The Morgan fingerprint density at radius 3 is 2.48 bits per heavy atom. The van der Waals surface area contributed by atoms with E-state index in [-0.39, 0.29) is 12.5 Å². The van der Waals surface area contributed by atoms with Gasteiger partial charge in [0, 0.05) is 39.8 Å². The summed E-state index contributed by atoms with van der Waals surface area (Å²) < 4.78 is 22.3. The van der Waals surface area contributed by atoms with Gasteiger partial charge in [-0.3, -0.25) is 9.69 Å². The van der Waals surface area contributed by atoms with Crippen molar-refractivity contribution < 1.29 is 23.7 Å². The molecule has 1 aromatic carbocycles. The number of hydrogen-bond acceptors (Lipinski definition) is 6. The normalized spacial score (nSPS) is 27.1. The monoisotopic (exact) mass is 404 g/mol. The van der Waals surface area contributed by atoms with E-state index in [1.165, 1.54) is 18.4 Å². The molecule has 7 heteroatoms. The summed E-state index contributed by atoms with van der Waals surface area (Å²) >= 11 is 0. The molecule has 1 saturated carbocycles. The van der Waals surface area contributed by atoms with Gasteiger partial charge in [-0.2, -0.15) is 0 Å². The van der Waals surface area contributed by atoms with Crippen LogP contribution in [0.1, 0.15) is 18.4 Å². The molecule has 0 radical (unpaired) electrons. The molecule has 2 heterocycles. The van der Waals surface area contributed by atoms with E-state index in [1.54, 1.807) is 12.0 Å². The lowest BCUT2D eigenvalue weighted by atomic mass is 9.94. The summed E-state index contributed by atoms with van der Waals surface area (Å²) in [5.41, 5.74) is 1.20. The highest BCUT2D eigenvalue weighted by Crippen LogP contribution is 2.39. The first kappa shape index (κ1) is 20.4. The number of fused-ring (bicyclic) bond motifs is 2. The van der Waals surface area contributed by atoms with Crippen LogP contribution in [-0.2, 0) is 20.8 Å². The molecule has 2 saturated heterocycles. The van der Waals surface area contributed by atoms with Crippen LogP contribution in [0.3, 0.4) is 0 Å². The van der Waals surface area contributed by atoms with E-state index >= 15 is 0 Å². The maximum atomic E-state index is 12.3. The number of likely N-dealkylation sites (tertiary alicyclic amines) is 1. The van der Waals surface area contributed by atoms with E-state index in [0.717, 1.165) is 19.6 Å². The summed E-state index contributed by atoms with van der Waals surface area (Å²) in [6.45, 7) is 5.52. The molecule has 3 fully saturated rings. The highest BCUT2D eigenvalue weighted by Gasteiger charge is 2.42. The van der Waals surface area contributed by atoms with Gasteiger partial charge in [-0.25, -0.2) is 0 Å². The predicted octanol–water partition coefficient (Wildman–Crippen LogP) is 1.79. The first-order valence-electron chi connectivity index (χ1n) is 10.6. The Labute approximate surface area is 172 Å². The summed E-state index contributed by atoms with van der Waals surface area (Å²) in [4.78, 5) is 16.6. The van der Waals surface area contributed by atoms with Crippen molar-refractivity contribution in [1.29, 1.82) is 0 Å². The van der Waals surface area contributed by atoms with Crippen LogP contribution in [0.15, 0.2) is 18.2 Å². The third-order valence-electron chi connectivity index (χ3n) is 6.44. The van der Waals surface area contributed by atoms with Crippen molar-refractivity contribution in [2.75, 3.05) is 60.2 Å². The minimum Gasteiger partial charge on any atom is -0.493 e. The van der Waals surface area contributed by atoms with Crippen molar-refractivity contribution in [3.8, 4) is 11.5 Å². The Hall–Kier alpha value is -1.83. The van der Waals surface area contributed by atoms with Gasteiger partial charge in [-0.15, -0.1) is 0 Å². The number of nitrogens with zero attached hydrogens (tertiary/aromatic N) is 2. The predicted molar refractivity (Wildman–Crippen MR) is 108 cm³/mol. The lowest BCUT2D eigenvalue weighted by Gasteiger charge is -2.37. The molecule has 160 valence electrons. The van der Waals surface area contributed by atoms with Gasteiger partial charge in [0.2, 0.25) is 0 Å². The number of rotatable bonds is 7. The fourth-order valence-corrected chi connectivity index (χ4v) is 5.02. The highest BCUT2D eigenvalue weighted by molar-refractivity contribution is 5.78. The van der Waals surface area contributed by atoms with Crippen molar-refractivity contribution in [3.63, 3.8) is 0 Å². The van der Waals surface area contributed by atoms with Crippen molar-refractivity contribution in [2.24, 2.45) is 11.8 Å². The second-order valence-electron chi connectivity index (χ2n) is 8.26. The smallest absolute Gasteiger partial charge is 0.260 e. The fraction of sp³-hybridized carbons (Fsp3) is 0.682. The zero-order chi connectivity index (χ0) is 20.2. The summed E-state index contributed by atoms with van der Waals surface area (Å²) in [5.74, 6) is 2.56. The summed E-state index contributed by atoms with van der Waals surface area (Å²) in [6, 6.07) is 6.01. The fourth-order valence-electron chi connectivity index (χ4n) is 5.02. The SMILES string of the molecule is COc1cc(CN2C[C@H]3CC[C@@H](C2)C3OC)ccc1OCC(=O)N1CCOCC1. The Morgan fingerprint density at radius 2 is 1.83 bits per heavy atom. The molecule has 1 aromatic rings. The van der Waals surface area contributed by atoms with Crippen LogP contribution < -0.4 is 9.47 Å². The Balaban J connectivity index is 1.34. The minimum atomic E-state index is -0.0177. The number of methoxy groups -OCH3 is 2. The molecule has 2 aliphatic heterocycles. The second-order valence-corrected chi connectivity index (χ2v) is 8.26. The van der Waals surface area contributed by atoms with Crippen molar-refractivity contribution in [3.05, 3.63) is 23.8 Å². The van der Waals surface area contributed by atoms with Crippen LogP contribution in [0.2, 0.25) is 0 Å². The zero-order valence-electron chi connectivity index (χ0n) is 17.5. The molecule has 7 nitrogen and oxygen atoms in total. The Kier molecular flexibility index (Phi) is 6.57. The summed E-state index contributed by atoms with van der Waals surface area (Å²) in [6.07, 6.45) is 2.97. The number of benzene rings is 1. The molecule has 29 heavy (non-hydrogen) atoms. The molecule has 3 atom stereocenters. The third kappa shape index (κ3) is 4.68. The lowest BCUT2D eigenvalue weighted by Crippen LogP contribution is -2.45. The first-order chi connectivity index (χ1) is 14.2. The molecule has 0 spiro atoms. The van der Waals surface area contributed by atoms with Crippen LogP contribution in [0, 0.1) is 11.8 Å². The standard InChI is InChI=1S/C22H32N2O5/c1-26-20-11-16(12-23-13-17-4-5-18(14-23)22(17)27-2)3-6-19(20)29-15-21(25)24-7-9-28-10-8-24/h3,6,11,17-18,22H,4-5,7-10,12-15H2,1-2H3/t17-,18+,22?. The third-order valence-corrected chi connectivity index (χ3v) is 6.44. The second kappa shape index (κ2) is 9.32. The summed E-state index contributed by atoms with van der Waals surface area (Å²) in [7, 11) is 3.49. The minimum absolute atomic E-state index is 0.0175.